The fourth-order valence-corrected chi connectivity index (χ4v) is 2.01. The Labute approximate surface area is 90.0 Å². The molecule has 0 aliphatic heterocycles. The first-order chi connectivity index (χ1) is 5.66. The Balaban J connectivity index is 2.82. The van der Waals surface area contributed by atoms with E-state index in [-0.39, 0.29) is 0 Å². The van der Waals surface area contributed by atoms with Crippen LogP contribution in [0.4, 0.5) is 0 Å². The third-order valence-electron chi connectivity index (χ3n) is 1.56. The van der Waals surface area contributed by atoms with Crippen molar-refractivity contribution >= 4 is 39.1 Å². The molecule has 12 heavy (non-hydrogen) atoms. The minimum Gasteiger partial charge on any atom is -0.308 e. The Morgan fingerprint density at radius 3 is 2.58 bits per heavy atom. The zero-order valence-corrected chi connectivity index (χ0v) is 9.75. The molecule has 0 atom stereocenters. The van der Waals surface area contributed by atoms with Crippen molar-refractivity contribution in [2.45, 2.75) is 26.3 Å². The van der Waals surface area contributed by atoms with Gasteiger partial charge in [0.15, 0.2) is 9.89 Å². The Hall–Kier alpha value is 0.270. The summed E-state index contributed by atoms with van der Waals surface area (Å²) in [6.45, 7) is 2.98. The number of nitrogens with zero attached hydrogens (tertiary/aromatic N) is 2. The molecule has 68 valence electrons. The second-order valence-corrected chi connectivity index (χ2v) is 3.89. The van der Waals surface area contributed by atoms with Crippen LogP contribution in [0.25, 0.3) is 0 Å². The van der Waals surface area contributed by atoms with E-state index in [2.05, 4.69) is 27.8 Å². The van der Waals surface area contributed by atoms with Gasteiger partial charge in [-0.1, -0.05) is 36.5 Å². The molecular formula is C7H9BrCl2N2. The fraction of sp³-hybridized carbons (Fsp3) is 0.571. The molecule has 0 amide bonds. The molecule has 1 heterocycles. The summed E-state index contributed by atoms with van der Waals surface area (Å²) in [6.07, 6.45) is 2.20. The van der Waals surface area contributed by atoms with Gasteiger partial charge < -0.3 is 4.57 Å². The summed E-state index contributed by atoms with van der Waals surface area (Å²) in [7, 11) is 0. The van der Waals surface area contributed by atoms with Crippen LogP contribution in [0.2, 0.25) is 10.3 Å². The van der Waals surface area contributed by atoms with Crippen LogP contribution in [-0.4, -0.2) is 9.55 Å². The summed E-state index contributed by atoms with van der Waals surface area (Å²) in [5.74, 6) is 0. The Kier molecular flexibility index (Phi) is 3.87. The van der Waals surface area contributed by atoms with Crippen LogP contribution >= 0.6 is 39.1 Å². The minimum atomic E-state index is 0.361. The summed E-state index contributed by atoms with van der Waals surface area (Å²) >= 11 is 14.9. The minimum absolute atomic E-state index is 0.361. The molecule has 0 fully saturated rings. The van der Waals surface area contributed by atoms with Crippen molar-refractivity contribution in [3.8, 4) is 0 Å². The molecule has 0 N–H and O–H groups in total. The average Bonchev–Trinajstić information content (AvgIpc) is 2.25. The zero-order valence-electron chi connectivity index (χ0n) is 6.65. The van der Waals surface area contributed by atoms with E-state index in [0.717, 1.165) is 19.4 Å². The summed E-state index contributed by atoms with van der Waals surface area (Å²) in [6, 6.07) is 0. The SMILES string of the molecule is CCCCn1c(Br)nc(Cl)c1Cl. The number of halogens is 3. The number of rotatable bonds is 3. The molecule has 5 heteroatoms. The van der Waals surface area contributed by atoms with Gasteiger partial charge in [-0.15, -0.1) is 0 Å². The van der Waals surface area contributed by atoms with Gasteiger partial charge in [0.2, 0.25) is 0 Å². The Morgan fingerprint density at radius 2 is 2.17 bits per heavy atom. The first-order valence-corrected chi connectivity index (χ1v) is 5.28. The molecule has 0 unspecified atom stereocenters. The third kappa shape index (κ3) is 2.15. The standard InChI is InChI=1S/C7H9BrCl2N2/c1-2-3-4-12-6(10)5(9)11-7(12)8/h2-4H2,1H3. The zero-order chi connectivity index (χ0) is 9.14. The van der Waals surface area contributed by atoms with E-state index in [9.17, 15) is 0 Å². The van der Waals surface area contributed by atoms with Gasteiger partial charge in [-0.25, -0.2) is 4.98 Å². The molecular weight excluding hydrogens is 263 g/mol. The largest absolute Gasteiger partial charge is 0.308 e. The lowest BCUT2D eigenvalue weighted by Crippen LogP contribution is -1.97. The highest BCUT2D eigenvalue weighted by Gasteiger charge is 2.10. The number of imidazole rings is 1. The van der Waals surface area contributed by atoms with Crippen molar-refractivity contribution in [3.05, 3.63) is 15.0 Å². The van der Waals surface area contributed by atoms with Crippen LogP contribution in [0.5, 0.6) is 0 Å². The maximum atomic E-state index is 5.89. The molecule has 0 saturated carbocycles. The highest BCUT2D eigenvalue weighted by Crippen LogP contribution is 2.26. The van der Waals surface area contributed by atoms with E-state index in [1.807, 2.05) is 4.57 Å². The lowest BCUT2D eigenvalue weighted by Gasteiger charge is -2.02. The lowest BCUT2D eigenvalue weighted by atomic mass is 10.3. The van der Waals surface area contributed by atoms with E-state index in [1.54, 1.807) is 0 Å². The maximum absolute atomic E-state index is 5.89. The van der Waals surface area contributed by atoms with E-state index in [4.69, 9.17) is 23.2 Å². The Bertz CT molecular complexity index is 273. The van der Waals surface area contributed by atoms with Crippen molar-refractivity contribution in [1.29, 1.82) is 0 Å². The van der Waals surface area contributed by atoms with Gasteiger partial charge in [-0.05, 0) is 22.4 Å². The number of hydrogen-bond donors (Lipinski definition) is 0. The van der Waals surface area contributed by atoms with Crippen molar-refractivity contribution in [3.63, 3.8) is 0 Å². The third-order valence-corrected chi connectivity index (χ3v) is 2.90. The highest BCUT2D eigenvalue weighted by atomic mass is 79.9. The van der Waals surface area contributed by atoms with Gasteiger partial charge in [0.05, 0.1) is 0 Å². The van der Waals surface area contributed by atoms with E-state index >= 15 is 0 Å². The van der Waals surface area contributed by atoms with Gasteiger partial charge in [0, 0.05) is 6.54 Å². The van der Waals surface area contributed by atoms with Gasteiger partial charge in [0.1, 0.15) is 5.15 Å². The van der Waals surface area contributed by atoms with Crippen LogP contribution in [0.3, 0.4) is 0 Å². The van der Waals surface area contributed by atoms with Crippen molar-refractivity contribution in [2.24, 2.45) is 0 Å². The molecule has 0 aliphatic rings. The van der Waals surface area contributed by atoms with Gasteiger partial charge in [-0.2, -0.15) is 0 Å². The molecule has 0 bridgehead atoms. The van der Waals surface area contributed by atoms with Crippen LogP contribution in [0, 0.1) is 0 Å². The number of aromatic nitrogens is 2. The first kappa shape index (κ1) is 10.4. The molecule has 0 spiro atoms. The molecule has 1 aromatic rings. The molecule has 0 saturated heterocycles. The maximum Gasteiger partial charge on any atom is 0.179 e. The number of unbranched alkanes of at least 4 members (excludes halogenated alkanes) is 1. The average molecular weight is 272 g/mol. The van der Waals surface area contributed by atoms with Crippen molar-refractivity contribution in [2.75, 3.05) is 0 Å². The normalized spacial score (nSPS) is 10.7. The van der Waals surface area contributed by atoms with Crippen LogP contribution in [0.15, 0.2) is 4.73 Å². The molecule has 1 aromatic heterocycles. The molecule has 1 rings (SSSR count). The second-order valence-electron chi connectivity index (χ2n) is 2.47. The predicted octanol–water partition coefficient (Wildman–Crippen LogP) is 3.75. The van der Waals surface area contributed by atoms with Gasteiger partial charge in [0.25, 0.3) is 0 Å². The Morgan fingerprint density at radius 1 is 1.50 bits per heavy atom. The van der Waals surface area contributed by atoms with Crippen LogP contribution < -0.4 is 0 Å². The lowest BCUT2D eigenvalue weighted by molar-refractivity contribution is 0.621. The highest BCUT2D eigenvalue weighted by molar-refractivity contribution is 9.10. The quantitative estimate of drug-likeness (QED) is 0.819. The van der Waals surface area contributed by atoms with Crippen molar-refractivity contribution < 1.29 is 0 Å². The monoisotopic (exact) mass is 270 g/mol. The van der Waals surface area contributed by atoms with Crippen LogP contribution in [-0.2, 0) is 6.54 Å². The van der Waals surface area contributed by atoms with Gasteiger partial charge >= 0.3 is 0 Å². The molecule has 0 aromatic carbocycles. The van der Waals surface area contributed by atoms with E-state index in [1.165, 1.54) is 0 Å². The smallest absolute Gasteiger partial charge is 0.179 e. The molecule has 0 aliphatic carbocycles. The summed E-state index contributed by atoms with van der Waals surface area (Å²) in [5, 5.41) is 0.872. The summed E-state index contributed by atoms with van der Waals surface area (Å²) < 4.78 is 2.55. The topological polar surface area (TPSA) is 17.8 Å². The fourth-order valence-electron chi connectivity index (χ4n) is 0.886. The van der Waals surface area contributed by atoms with Crippen LogP contribution in [0.1, 0.15) is 19.8 Å². The van der Waals surface area contributed by atoms with Gasteiger partial charge in [-0.3, -0.25) is 0 Å². The number of hydrogen-bond acceptors (Lipinski definition) is 1. The second kappa shape index (κ2) is 4.49. The van der Waals surface area contributed by atoms with Crippen molar-refractivity contribution in [1.82, 2.24) is 9.55 Å². The predicted molar refractivity (Wildman–Crippen MR) is 54.9 cm³/mol. The van der Waals surface area contributed by atoms with E-state index < -0.39 is 0 Å². The summed E-state index contributed by atoms with van der Waals surface area (Å²) in [4.78, 5) is 3.98. The first-order valence-electron chi connectivity index (χ1n) is 3.73. The molecule has 0 radical (unpaired) electrons. The molecule has 2 nitrogen and oxygen atoms in total. The summed E-state index contributed by atoms with van der Waals surface area (Å²) in [5.41, 5.74) is 0. The van der Waals surface area contributed by atoms with E-state index in [0.29, 0.717) is 15.0 Å².